The maximum atomic E-state index is 12.8. The molecule has 1 aliphatic carbocycles. The number of hydrogen-bond donors (Lipinski definition) is 0. The molecule has 1 amide bonds. The molecule has 3 nitrogen and oxygen atoms in total. The molecule has 1 spiro atoms. The van der Waals surface area contributed by atoms with Gasteiger partial charge in [0.25, 0.3) is 0 Å². The van der Waals surface area contributed by atoms with Crippen LogP contribution in [0.5, 0.6) is 0 Å². The van der Waals surface area contributed by atoms with E-state index in [2.05, 4.69) is 0 Å². The second-order valence-corrected chi connectivity index (χ2v) is 6.84. The molecule has 2 aliphatic rings. The van der Waals surface area contributed by atoms with Gasteiger partial charge in [-0.05, 0) is 44.9 Å². The third-order valence-corrected chi connectivity index (χ3v) is 5.15. The summed E-state index contributed by atoms with van der Waals surface area (Å²) in [6, 6.07) is 8.03. The lowest BCUT2D eigenvalue weighted by Gasteiger charge is -2.39. The van der Waals surface area contributed by atoms with Gasteiger partial charge in [-0.2, -0.15) is 0 Å². The van der Waals surface area contributed by atoms with Crippen LogP contribution in [0.25, 0.3) is 6.08 Å². The van der Waals surface area contributed by atoms with Crippen LogP contribution in [0.2, 0.25) is 0 Å². The minimum absolute atomic E-state index is 0.0442. The monoisotopic (exact) mass is 283 g/mol. The van der Waals surface area contributed by atoms with Crippen LogP contribution in [0.1, 0.15) is 38.8 Å². The van der Waals surface area contributed by atoms with Crippen LogP contribution >= 0.6 is 0 Å². The Bertz CT molecular complexity index is 657. The van der Waals surface area contributed by atoms with Crippen LogP contribution in [-0.2, 0) is 15.0 Å². The third-order valence-electron chi connectivity index (χ3n) is 5.15. The van der Waals surface area contributed by atoms with Crippen LogP contribution in [0.3, 0.4) is 0 Å². The van der Waals surface area contributed by atoms with Gasteiger partial charge in [-0.1, -0.05) is 30.3 Å². The van der Waals surface area contributed by atoms with Crippen LogP contribution in [0.15, 0.2) is 30.3 Å². The number of fused-ring (bicyclic) bond motifs is 2. The molecule has 1 aliphatic heterocycles. The summed E-state index contributed by atoms with van der Waals surface area (Å²) < 4.78 is 0. The number of rotatable bonds is 1. The number of hydrogen-bond acceptors (Lipinski definition) is 2. The van der Waals surface area contributed by atoms with Gasteiger partial charge < -0.3 is 4.90 Å². The molecule has 1 heterocycles. The van der Waals surface area contributed by atoms with E-state index in [4.69, 9.17) is 0 Å². The zero-order valence-electron chi connectivity index (χ0n) is 13.0. The number of likely N-dealkylation sites (tertiary alicyclic amines) is 1. The van der Waals surface area contributed by atoms with Gasteiger partial charge in [0, 0.05) is 12.6 Å². The molecule has 1 saturated heterocycles. The van der Waals surface area contributed by atoms with Gasteiger partial charge in [-0.15, -0.1) is 0 Å². The maximum absolute atomic E-state index is 12.8. The van der Waals surface area contributed by atoms with E-state index in [1.54, 1.807) is 6.08 Å². The highest BCUT2D eigenvalue weighted by atomic mass is 16.2. The Morgan fingerprint density at radius 1 is 1.10 bits per heavy atom. The van der Waals surface area contributed by atoms with Crippen LogP contribution in [0.4, 0.5) is 0 Å². The van der Waals surface area contributed by atoms with E-state index in [0.29, 0.717) is 6.54 Å². The van der Waals surface area contributed by atoms with E-state index in [1.807, 2.05) is 62.9 Å². The number of carbonyl (C=O) groups excluding carboxylic acids is 2. The fraction of sp³-hybridized carbons (Fsp3) is 0.444. The third kappa shape index (κ3) is 1.60. The lowest BCUT2D eigenvalue weighted by Crippen LogP contribution is -2.49. The Balaban J connectivity index is 2.27. The number of carbonyl (C=O) groups is 2. The quantitative estimate of drug-likeness (QED) is 0.795. The van der Waals surface area contributed by atoms with Crippen LogP contribution < -0.4 is 0 Å². The number of nitrogens with zero attached hydrogens (tertiary/aromatic N) is 1. The van der Waals surface area contributed by atoms with E-state index in [-0.39, 0.29) is 17.7 Å². The van der Waals surface area contributed by atoms with E-state index in [1.165, 1.54) is 0 Å². The van der Waals surface area contributed by atoms with E-state index in [0.717, 1.165) is 11.1 Å². The highest BCUT2D eigenvalue weighted by Crippen LogP contribution is 2.52. The molecule has 110 valence electrons. The van der Waals surface area contributed by atoms with Gasteiger partial charge >= 0.3 is 0 Å². The van der Waals surface area contributed by atoms with Crippen molar-refractivity contribution in [1.82, 2.24) is 4.90 Å². The summed E-state index contributed by atoms with van der Waals surface area (Å²) in [6.07, 6.45) is 3.50. The minimum atomic E-state index is -0.764. The van der Waals surface area contributed by atoms with Gasteiger partial charge in [-0.3, -0.25) is 9.59 Å². The summed E-state index contributed by atoms with van der Waals surface area (Å²) in [4.78, 5) is 27.5. The van der Waals surface area contributed by atoms with Crippen molar-refractivity contribution in [1.29, 1.82) is 0 Å². The van der Waals surface area contributed by atoms with Crippen molar-refractivity contribution in [2.75, 3.05) is 6.54 Å². The molecule has 3 heteroatoms. The molecular formula is C18H21NO2. The van der Waals surface area contributed by atoms with Gasteiger partial charge in [0.05, 0.1) is 10.8 Å². The zero-order chi connectivity index (χ0) is 15.4. The Morgan fingerprint density at radius 3 is 2.38 bits per heavy atom. The van der Waals surface area contributed by atoms with Crippen molar-refractivity contribution in [3.05, 3.63) is 41.5 Å². The van der Waals surface area contributed by atoms with Crippen molar-refractivity contribution in [2.24, 2.45) is 5.41 Å². The highest BCUT2D eigenvalue weighted by molar-refractivity contribution is 6.11. The normalized spacial score (nSPS) is 26.8. The van der Waals surface area contributed by atoms with Crippen molar-refractivity contribution in [2.45, 2.75) is 39.2 Å². The fourth-order valence-corrected chi connectivity index (χ4v) is 3.76. The van der Waals surface area contributed by atoms with Crippen molar-refractivity contribution in [3.8, 4) is 0 Å². The first-order chi connectivity index (χ1) is 9.82. The summed E-state index contributed by atoms with van der Waals surface area (Å²) in [5.74, 6) is 0.110. The summed E-state index contributed by atoms with van der Waals surface area (Å²) in [5.41, 5.74) is 0.539. The van der Waals surface area contributed by atoms with Gasteiger partial charge in [0.1, 0.15) is 0 Å². The number of amides is 1. The maximum Gasteiger partial charge on any atom is 0.229 e. The van der Waals surface area contributed by atoms with Gasteiger partial charge in [0.15, 0.2) is 5.78 Å². The second-order valence-electron chi connectivity index (χ2n) is 6.84. The van der Waals surface area contributed by atoms with Crippen molar-refractivity contribution >= 4 is 17.8 Å². The summed E-state index contributed by atoms with van der Waals surface area (Å²) in [5, 5.41) is 0. The van der Waals surface area contributed by atoms with E-state index >= 15 is 0 Å². The average Bonchev–Trinajstić information content (AvgIpc) is 2.65. The lowest BCUT2D eigenvalue weighted by atomic mass is 9.59. The van der Waals surface area contributed by atoms with E-state index < -0.39 is 10.8 Å². The van der Waals surface area contributed by atoms with Crippen LogP contribution in [0, 0.1) is 5.41 Å². The molecule has 0 unspecified atom stereocenters. The predicted molar refractivity (Wildman–Crippen MR) is 82.8 cm³/mol. The standard InChI is InChI=1S/C18H21NO2/c1-12(2)19-11-18(17(3,4)16(19)21)14-8-6-5-7-13(14)9-10-15(18)20/h5-10,12H,11H2,1-4H3/t18-/m0/s1. The molecule has 0 N–H and O–H groups in total. The van der Waals surface area contributed by atoms with Crippen LogP contribution in [-0.4, -0.2) is 29.2 Å². The Hall–Kier alpha value is -1.90. The first kappa shape index (κ1) is 14.1. The van der Waals surface area contributed by atoms with Gasteiger partial charge in [-0.25, -0.2) is 0 Å². The highest BCUT2D eigenvalue weighted by Gasteiger charge is 2.63. The zero-order valence-corrected chi connectivity index (χ0v) is 13.0. The summed E-state index contributed by atoms with van der Waals surface area (Å²) >= 11 is 0. The molecule has 1 fully saturated rings. The summed E-state index contributed by atoms with van der Waals surface area (Å²) in [7, 11) is 0. The Kier molecular flexibility index (Phi) is 2.88. The number of benzene rings is 1. The predicted octanol–water partition coefficient (Wildman–Crippen LogP) is 2.80. The fourth-order valence-electron chi connectivity index (χ4n) is 3.76. The van der Waals surface area contributed by atoms with Gasteiger partial charge in [0.2, 0.25) is 5.91 Å². The number of allylic oxidation sites excluding steroid dienone is 1. The Labute approximate surface area is 125 Å². The molecule has 1 aromatic rings. The Morgan fingerprint density at radius 2 is 1.76 bits per heavy atom. The SMILES string of the molecule is CC(C)N1C[C@]2(C(=O)C=Cc3ccccc32)C(C)(C)C1=O. The lowest BCUT2D eigenvalue weighted by molar-refractivity contribution is -0.138. The molecule has 0 radical (unpaired) electrons. The molecule has 21 heavy (non-hydrogen) atoms. The van der Waals surface area contributed by atoms with E-state index in [9.17, 15) is 9.59 Å². The molecule has 0 bridgehead atoms. The number of ketones is 1. The molecule has 0 saturated carbocycles. The summed E-state index contributed by atoms with van der Waals surface area (Å²) in [6.45, 7) is 8.29. The molecule has 1 atom stereocenters. The largest absolute Gasteiger partial charge is 0.338 e. The first-order valence-electron chi connectivity index (χ1n) is 7.45. The average molecular weight is 283 g/mol. The minimum Gasteiger partial charge on any atom is -0.338 e. The molecule has 0 aromatic heterocycles. The molecule has 1 aromatic carbocycles. The van der Waals surface area contributed by atoms with Crippen molar-refractivity contribution in [3.63, 3.8) is 0 Å². The smallest absolute Gasteiger partial charge is 0.229 e. The second kappa shape index (κ2) is 4.30. The van der Waals surface area contributed by atoms with Crippen molar-refractivity contribution < 1.29 is 9.59 Å². The molecule has 3 rings (SSSR count). The molecular weight excluding hydrogens is 262 g/mol. The topological polar surface area (TPSA) is 37.4 Å². The first-order valence-corrected chi connectivity index (χ1v) is 7.45.